The Morgan fingerprint density at radius 3 is 2.75 bits per heavy atom. The number of nitrogens with zero attached hydrogens (tertiary/aromatic N) is 2. The number of ether oxygens (including phenoxy) is 1. The van der Waals surface area contributed by atoms with E-state index in [1.165, 1.54) is 6.07 Å². The Labute approximate surface area is 115 Å². The second kappa shape index (κ2) is 6.95. The molecule has 1 aliphatic rings. The van der Waals surface area contributed by atoms with Gasteiger partial charge in [0.2, 0.25) is 11.9 Å². The average molecular weight is 281 g/mol. The molecule has 6 nitrogen and oxygen atoms in total. The van der Waals surface area contributed by atoms with E-state index in [0.29, 0.717) is 26.3 Å². The first-order valence-corrected chi connectivity index (χ1v) is 6.42. The van der Waals surface area contributed by atoms with Crippen LogP contribution in [0.3, 0.4) is 0 Å². The lowest BCUT2D eigenvalue weighted by Crippen LogP contribution is -2.42. The van der Waals surface area contributed by atoms with Crippen LogP contribution in [0.15, 0.2) is 18.3 Å². The molecule has 0 radical (unpaired) electrons. The van der Waals surface area contributed by atoms with E-state index in [2.05, 4.69) is 10.3 Å². The van der Waals surface area contributed by atoms with Crippen molar-refractivity contribution in [3.8, 4) is 0 Å². The van der Waals surface area contributed by atoms with Gasteiger partial charge in [-0.3, -0.25) is 9.59 Å². The number of halogens is 1. The summed E-state index contributed by atoms with van der Waals surface area (Å²) in [6.45, 7) is 2.54. The van der Waals surface area contributed by atoms with Gasteiger partial charge < -0.3 is 15.0 Å². The molecule has 1 fully saturated rings. The fourth-order valence-electron chi connectivity index (χ4n) is 1.87. The Morgan fingerprint density at radius 1 is 1.35 bits per heavy atom. The van der Waals surface area contributed by atoms with Crippen LogP contribution in [0.2, 0.25) is 0 Å². The van der Waals surface area contributed by atoms with Crippen molar-refractivity contribution >= 4 is 11.8 Å². The van der Waals surface area contributed by atoms with E-state index in [1.807, 2.05) is 0 Å². The highest BCUT2D eigenvalue weighted by Crippen LogP contribution is 2.01. The molecule has 7 heteroatoms. The number of nitrogens with one attached hydrogen (secondary N) is 1. The maximum absolute atomic E-state index is 12.6. The third-order valence-electron chi connectivity index (χ3n) is 2.98. The molecule has 0 aliphatic carbocycles. The fourth-order valence-corrected chi connectivity index (χ4v) is 1.87. The van der Waals surface area contributed by atoms with Crippen LogP contribution in [0.4, 0.5) is 4.39 Å². The molecule has 0 aromatic carbocycles. The van der Waals surface area contributed by atoms with Crippen molar-refractivity contribution in [3.63, 3.8) is 0 Å². The molecular formula is C13H16FN3O3. The first-order chi connectivity index (χ1) is 9.66. The van der Waals surface area contributed by atoms with E-state index in [-0.39, 0.29) is 30.3 Å². The Balaban J connectivity index is 1.73. The number of amides is 2. The quantitative estimate of drug-likeness (QED) is 0.800. The second-order valence-electron chi connectivity index (χ2n) is 4.37. The van der Waals surface area contributed by atoms with Gasteiger partial charge in [0.05, 0.1) is 18.8 Å². The van der Waals surface area contributed by atoms with E-state index < -0.39 is 5.95 Å². The molecule has 0 spiro atoms. The Hall–Kier alpha value is -2.02. The molecule has 1 aromatic heterocycles. The molecule has 0 saturated carbocycles. The van der Waals surface area contributed by atoms with Gasteiger partial charge in [-0.15, -0.1) is 0 Å². The van der Waals surface area contributed by atoms with Crippen molar-refractivity contribution in [2.24, 2.45) is 0 Å². The minimum absolute atomic E-state index is 0.00849. The molecule has 2 heterocycles. The molecule has 20 heavy (non-hydrogen) atoms. The Bertz CT molecular complexity index is 472. The van der Waals surface area contributed by atoms with Crippen LogP contribution in [-0.2, 0) is 9.53 Å². The minimum Gasteiger partial charge on any atom is -0.378 e. The van der Waals surface area contributed by atoms with E-state index >= 15 is 0 Å². The van der Waals surface area contributed by atoms with E-state index in [1.54, 1.807) is 4.90 Å². The van der Waals surface area contributed by atoms with Crippen LogP contribution >= 0.6 is 0 Å². The largest absolute Gasteiger partial charge is 0.378 e. The van der Waals surface area contributed by atoms with Gasteiger partial charge in [-0.2, -0.15) is 4.39 Å². The summed E-state index contributed by atoms with van der Waals surface area (Å²) in [6, 6.07) is 2.47. The molecule has 0 atom stereocenters. The van der Waals surface area contributed by atoms with E-state index in [0.717, 1.165) is 12.3 Å². The zero-order chi connectivity index (χ0) is 14.4. The third-order valence-corrected chi connectivity index (χ3v) is 2.98. The lowest BCUT2D eigenvalue weighted by molar-refractivity contribution is -0.135. The molecule has 2 rings (SSSR count). The smallest absolute Gasteiger partial charge is 0.252 e. The van der Waals surface area contributed by atoms with Crippen LogP contribution in [-0.4, -0.2) is 54.5 Å². The van der Waals surface area contributed by atoms with Crippen LogP contribution in [0.1, 0.15) is 16.8 Å². The van der Waals surface area contributed by atoms with Gasteiger partial charge in [0, 0.05) is 32.3 Å². The maximum Gasteiger partial charge on any atom is 0.252 e. The van der Waals surface area contributed by atoms with Crippen molar-refractivity contribution in [3.05, 3.63) is 29.8 Å². The molecule has 0 unspecified atom stereocenters. The van der Waals surface area contributed by atoms with Crippen molar-refractivity contribution in [2.75, 3.05) is 32.8 Å². The summed E-state index contributed by atoms with van der Waals surface area (Å²) in [5.41, 5.74) is 0.269. The highest BCUT2D eigenvalue weighted by atomic mass is 19.1. The molecule has 0 bridgehead atoms. The molecule has 1 aromatic rings. The summed E-state index contributed by atoms with van der Waals surface area (Å²) < 4.78 is 17.8. The van der Waals surface area contributed by atoms with Gasteiger partial charge in [-0.05, 0) is 12.1 Å². The van der Waals surface area contributed by atoms with Crippen LogP contribution in [0.25, 0.3) is 0 Å². The Morgan fingerprint density at radius 2 is 2.10 bits per heavy atom. The van der Waals surface area contributed by atoms with Gasteiger partial charge >= 0.3 is 0 Å². The number of rotatable bonds is 4. The van der Waals surface area contributed by atoms with Gasteiger partial charge in [-0.25, -0.2) is 4.98 Å². The summed E-state index contributed by atoms with van der Waals surface area (Å²) in [5.74, 6) is -1.01. The fraction of sp³-hybridized carbons (Fsp3) is 0.462. The molecule has 1 N–H and O–H groups in total. The van der Waals surface area contributed by atoms with Crippen LogP contribution in [0.5, 0.6) is 0 Å². The molecular weight excluding hydrogens is 265 g/mol. The summed E-state index contributed by atoms with van der Waals surface area (Å²) in [7, 11) is 0. The van der Waals surface area contributed by atoms with Crippen molar-refractivity contribution in [2.45, 2.75) is 6.42 Å². The first kappa shape index (κ1) is 14.4. The van der Waals surface area contributed by atoms with E-state index in [4.69, 9.17) is 4.74 Å². The topological polar surface area (TPSA) is 71.5 Å². The zero-order valence-electron chi connectivity index (χ0n) is 11.0. The van der Waals surface area contributed by atoms with Gasteiger partial charge in [0.15, 0.2) is 0 Å². The lowest BCUT2D eigenvalue weighted by Gasteiger charge is -2.26. The minimum atomic E-state index is -0.635. The van der Waals surface area contributed by atoms with Crippen LogP contribution < -0.4 is 5.32 Å². The highest BCUT2D eigenvalue weighted by molar-refractivity contribution is 5.94. The predicted octanol–water partition coefficient (Wildman–Crippen LogP) is 0.199. The van der Waals surface area contributed by atoms with Crippen molar-refractivity contribution in [1.82, 2.24) is 15.2 Å². The zero-order valence-corrected chi connectivity index (χ0v) is 11.0. The number of morpholine rings is 1. The second-order valence-corrected chi connectivity index (χ2v) is 4.37. The third kappa shape index (κ3) is 3.99. The summed E-state index contributed by atoms with van der Waals surface area (Å²) >= 11 is 0. The molecule has 2 amide bonds. The molecule has 1 saturated heterocycles. The maximum atomic E-state index is 12.6. The van der Waals surface area contributed by atoms with Gasteiger partial charge in [0.25, 0.3) is 5.91 Å². The van der Waals surface area contributed by atoms with E-state index in [9.17, 15) is 14.0 Å². The molecule has 1 aliphatic heterocycles. The highest BCUT2D eigenvalue weighted by Gasteiger charge is 2.16. The SMILES string of the molecule is O=C(NCCC(=O)N1CCOCC1)c1ccc(F)nc1. The van der Waals surface area contributed by atoms with Crippen molar-refractivity contribution < 1.29 is 18.7 Å². The summed E-state index contributed by atoms with van der Waals surface area (Å²) in [6.07, 6.45) is 1.40. The summed E-state index contributed by atoms with van der Waals surface area (Å²) in [5, 5.41) is 2.61. The van der Waals surface area contributed by atoms with Gasteiger partial charge in [-0.1, -0.05) is 0 Å². The number of pyridine rings is 1. The van der Waals surface area contributed by atoms with Crippen LogP contribution in [0, 0.1) is 5.95 Å². The standard InChI is InChI=1S/C13H16FN3O3/c14-11-2-1-10(9-16-11)13(19)15-4-3-12(18)17-5-7-20-8-6-17/h1-2,9H,3-8H2,(H,15,19). The number of carbonyl (C=O) groups is 2. The normalized spacial score (nSPS) is 14.9. The van der Waals surface area contributed by atoms with Crippen molar-refractivity contribution in [1.29, 1.82) is 0 Å². The lowest BCUT2D eigenvalue weighted by atomic mass is 10.2. The monoisotopic (exact) mass is 281 g/mol. The number of carbonyl (C=O) groups excluding carboxylic acids is 2. The first-order valence-electron chi connectivity index (χ1n) is 6.42. The number of aromatic nitrogens is 1. The average Bonchev–Trinajstić information content (AvgIpc) is 2.48. The predicted molar refractivity (Wildman–Crippen MR) is 68.5 cm³/mol. The Kier molecular flexibility index (Phi) is 5.00. The van der Waals surface area contributed by atoms with Gasteiger partial charge in [0.1, 0.15) is 0 Å². The summed E-state index contributed by atoms with van der Waals surface area (Å²) in [4.78, 5) is 28.6. The molecule has 108 valence electrons. The number of hydrogen-bond donors (Lipinski definition) is 1. The number of hydrogen-bond acceptors (Lipinski definition) is 4.